The first-order chi connectivity index (χ1) is 15.7. The van der Waals surface area contributed by atoms with E-state index in [1.807, 2.05) is 36.4 Å². The minimum atomic E-state index is -0.936. The van der Waals surface area contributed by atoms with Crippen LogP contribution in [0.1, 0.15) is 43.7 Å². The maximum atomic E-state index is 12.5. The van der Waals surface area contributed by atoms with Crippen LogP contribution in [0.4, 0.5) is 4.79 Å². The van der Waals surface area contributed by atoms with Gasteiger partial charge >= 0.3 is 12.1 Å². The molecule has 0 heterocycles. The van der Waals surface area contributed by atoms with Crippen LogP contribution in [0.25, 0.3) is 11.1 Å². The second kappa shape index (κ2) is 10.5. The number of amides is 2. The molecule has 8 heteroatoms. The van der Waals surface area contributed by atoms with Crippen LogP contribution < -0.4 is 10.6 Å². The number of hydrogen-bond acceptors (Lipinski definition) is 5. The summed E-state index contributed by atoms with van der Waals surface area (Å²) in [6, 6.07) is 16.1. The standard InChI is InChI=1S/C25H30N2O6/c1-25(2,13-12-22(28)29)27-23(30)21(32-3)14-26-24(31)33-15-20-18-10-6-4-8-16(18)17-9-5-7-11-19(17)20/h4-11,20-21H,12-15H2,1-3H3,(H,26,31)(H,27,30)(H,28,29). The first-order valence-electron chi connectivity index (χ1n) is 10.9. The number of ether oxygens (including phenoxy) is 2. The molecule has 0 saturated heterocycles. The number of methoxy groups -OCH3 is 1. The molecule has 0 radical (unpaired) electrons. The van der Waals surface area contributed by atoms with Crippen molar-refractivity contribution in [3.05, 3.63) is 59.7 Å². The summed E-state index contributed by atoms with van der Waals surface area (Å²) in [5, 5.41) is 14.2. The summed E-state index contributed by atoms with van der Waals surface area (Å²) < 4.78 is 10.7. The normalized spacial score (nSPS) is 13.5. The van der Waals surface area contributed by atoms with Crippen molar-refractivity contribution in [3.8, 4) is 11.1 Å². The van der Waals surface area contributed by atoms with E-state index in [0.717, 1.165) is 22.3 Å². The number of benzene rings is 2. The number of hydrogen-bond donors (Lipinski definition) is 3. The number of rotatable bonds is 10. The van der Waals surface area contributed by atoms with E-state index in [1.54, 1.807) is 13.8 Å². The Morgan fingerprint density at radius 1 is 1.03 bits per heavy atom. The number of alkyl carbamates (subject to hydrolysis) is 1. The zero-order valence-corrected chi connectivity index (χ0v) is 19.1. The molecule has 8 nitrogen and oxygen atoms in total. The number of carbonyl (C=O) groups excluding carboxylic acids is 2. The summed E-state index contributed by atoms with van der Waals surface area (Å²) in [6.45, 7) is 3.57. The highest BCUT2D eigenvalue weighted by Crippen LogP contribution is 2.44. The molecule has 0 aliphatic heterocycles. The zero-order chi connectivity index (χ0) is 24.0. The van der Waals surface area contributed by atoms with Crippen LogP contribution in [0.15, 0.2) is 48.5 Å². The fourth-order valence-corrected chi connectivity index (χ4v) is 4.00. The van der Waals surface area contributed by atoms with Gasteiger partial charge in [-0.3, -0.25) is 9.59 Å². The Bertz CT molecular complexity index is 974. The largest absolute Gasteiger partial charge is 0.481 e. The molecule has 0 fully saturated rings. The van der Waals surface area contributed by atoms with Gasteiger partial charge in [-0.2, -0.15) is 0 Å². The van der Waals surface area contributed by atoms with E-state index in [-0.39, 0.29) is 31.9 Å². The highest BCUT2D eigenvalue weighted by Gasteiger charge is 2.30. The molecule has 176 valence electrons. The van der Waals surface area contributed by atoms with Crippen molar-refractivity contribution >= 4 is 18.0 Å². The third-order valence-corrected chi connectivity index (χ3v) is 5.78. The van der Waals surface area contributed by atoms with E-state index >= 15 is 0 Å². The second-order valence-corrected chi connectivity index (χ2v) is 8.70. The highest BCUT2D eigenvalue weighted by molar-refractivity contribution is 5.82. The minimum absolute atomic E-state index is 0.0558. The molecule has 2 amide bonds. The second-order valence-electron chi connectivity index (χ2n) is 8.70. The number of carboxylic acid groups (broad SMARTS) is 1. The van der Waals surface area contributed by atoms with Crippen molar-refractivity contribution in [1.82, 2.24) is 10.6 Å². The van der Waals surface area contributed by atoms with Gasteiger partial charge in [-0.15, -0.1) is 0 Å². The van der Waals surface area contributed by atoms with Crippen LogP contribution in [-0.4, -0.2) is 55.0 Å². The van der Waals surface area contributed by atoms with Gasteiger partial charge in [-0.1, -0.05) is 48.5 Å². The topological polar surface area (TPSA) is 114 Å². The van der Waals surface area contributed by atoms with Gasteiger partial charge < -0.3 is 25.2 Å². The molecular weight excluding hydrogens is 424 g/mol. The van der Waals surface area contributed by atoms with Crippen LogP contribution >= 0.6 is 0 Å². The summed E-state index contributed by atoms with van der Waals surface area (Å²) in [6.07, 6.45) is -1.38. The van der Waals surface area contributed by atoms with Gasteiger partial charge in [0.2, 0.25) is 0 Å². The molecule has 1 aliphatic carbocycles. The fraction of sp³-hybridized carbons (Fsp3) is 0.400. The number of fused-ring (bicyclic) bond motifs is 3. The van der Waals surface area contributed by atoms with Crippen LogP contribution in [0.2, 0.25) is 0 Å². The summed E-state index contributed by atoms with van der Waals surface area (Å²) in [7, 11) is 1.37. The van der Waals surface area contributed by atoms with Crippen LogP contribution in [0, 0.1) is 0 Å². The Morgan fingerprint density at radius 3 is 2.15 bits per heavy atom. The first kappa shape index (κ1) is 24.3. The van der Waals surface area contributed by atoms with E-state index in [1.165, 1.54) is 7.11 Å². The monoisotopic (exact) mass is 454 g/mol. The third-order valence-electron chi connectivity index (χ3n) is 5.78. The molecule has 0 bridgehead atoms. The number of nitrogens with one attached hydrogen (secondary N) is 2. The van der Waals surface area contributed by atoms with Crippen molar-refractivity contribution in [2.45, 2.75) is 44.2 Å². The van der Waals surface area contributed by atoms with Crippen molar-refractivity contribution in [3.63, 3.8) is 0 Å². The zero-order valence-electron chi connectivity index (χ0n) is 19.1. The van der Waals surface area contributed by atoms with E-state index in [0.29, 0.717) is 0 Å². The summed E-state index contributed by atoms with van der Waals surface area (Å²) in [4.78, 5) is 35.7. The summed E-state index contributed by atoms with van der Waals surface area (Å²) in [5.41, 5.74) is 3.79. The lowest BCUT2D eigenvalue weighted by molar-refractivity contribution is -0.138. The SMILES string of the molecule is COC(CNC(=O)OCC1c2ccccc2-c2ccccc21)C(=O)NC(C)(C)CCC(=O)O. The molecule has 0 spiro atoms. The lowest BCUT2D eigenvalue weighted by Crippen LogP contribution is -2.51. The Hall–Kier alpha value is -3.39. The molecule has 0 aromatic heterocycles. The van der Waals surface area contributed by atoms with Crippen molar-refractivity contribution < 1.29 is 29.0 Å². The molecule has 2 aromatic carbocycles. The molecule has 1 atom stereocenters. The van der Waals surface area contributed by atoms with E-state index < -0.39 is 29.6 Å². The van der Waals surface area contributed by atoms with Gasteiger partial charge in [-0.05, 0) is 42.5 Å². The smallest absolute Gasteiger partial charge is 0.407 e. The predicted molar refractivity (Wildman–Crippen MR) is 123 cm³/mol. The molecule has 3 rings (SSSR count). The Kier molecular flexibility index (Phi) is 7.71. The molecule has 1 aliphatic rings. The average Bonchev–Trinajstić information content (AvgIpc) is 3.10. The van der Waals surface area contributed by atoms with Gasteiger partial charge in [-0.25, -0.2) is 4.79 Å². The molecule has 0 saturated carbocycles. The lowest BCUT2D eigenvalue weighted by atomic mass is 9.98. The molecule has 3 N–H and O–H groups in total. The van der Waals surface area contributed by atoms with Crippen LogP contribution in [-0.2, 0) is 19.1 Å². The van der Waals surface area contributed by atoms with Crippen LogP contribution in [0.5, 0.6) is 0 Å². The maximum absolute atomic E-state index is 12.5. The number of carboxylic acids is 1. The Labute approximate surface area is 193 Å². The third kappa shape index (κ3) is 6.10. The van der Waals surface area contributed by atoms with Crippen LogP contribution in [0.3, 0.4) is 0 Å². The lowest BCUT2D eigenvalue weighted by Gasteiger charge is -2.28. The minimum Gasteiger partial charge on any atom is -0.481 e. The number of aliphatic carboxylic acids is 1. The Balaban J connectivity index is 1.53. The summed E-state index contributed by atoms with van der Waals surface area (Å²) in [5.74, 6) is -1.43. The van der Waals surface area contributed by atoms with E-state index in [4.69, 9.17) is 14.6 Å². The fourth-order valence-electron chi connectivity index (χ4n) is 4.00. The average molecular weight is 455 g/mol. The molecular formula is C25H30N2O6. The van der Waals surface area contributed by atoms with Crippen molar-refractivity contribution in [2.24, 2.45) is 0 Å². The van der Waals surface area contributed by atoms with Crippen molar-refractivity contribution in [1.29, 1.82) is 0 Å². The molecule has 1 unspecified atom stereocenters. The van der Waals surface area contributed by atoms with Crippen molar-refractivity contribution in [2.75, 3.05) is 20.3 Å². The molecule has 2 aromatic rings. The highest BCUT2D eigenvalue weighted by atomic mass is 16.5. The van der Waals surface area contributed by atoms with Gasteiger partial charge in [0.05, 0.1) is 6.54 Å². The first-order valence-corrected chi connectivity index (χ1v) is 10.9. The molecule has 33 heavy (non-hydrogen) atoms. The van der Waals surface area contributed by atoms with E-state index in [9.17, 15) is 14.4 Å². The number of carbonyl (C=O) groups is 3. The van der Waals surface area contributed by atoms with E-state index in [2.05, 4.69) is 22.8 Å². The van der Waals surface area contributed by atoms with Gasteiger partial charge in [0.15, 0.2) is 6.10 Å². The summed E-state index contributed by atoms with van der Waals surface area (Å²) >= 11 is 0. The van der Waals surface area contributed by atoms with Gasteiger partial charge in [0.1, 0.15) is 6.61 Å². The van der Waals surface area contributed by atoms with Gasteiger partial charge in [0, 0.05) is 25.0 Å². The maximum Gasteiger partial charge on any atom is 0.407 e. The van der Waals surface area contributed by atoms with Gasteiger partial charge in [0.25, 0.3) is 5.91 Å². The predicted octanol–water partition coefficient (Wildman–Crippen LogP) is 3.30. The Morgan fingerprint density at radius 2 is 1.61 bits per heavy atom. The quantitative estimate of drug-likeness (QED) is 0.508.